The Hall–Kier alpha value is -1.44. The fraction of sp³-hybridized carbons (Fsp3) is 0.176. The first-order chi connectivity index (χ1) is 9.72. The second-order valence-corrected chi connectivity index (χ2v) is 5.97. The molecule has 0 aliphatic carbocycles. The molecule has 2 heterocycles. The van der Waals surface area contributed by atoms with E-state index in [0.29, 0.717) is 10.0 Å². The molecule has 0 saturated heterocycles. The van der Waals surface area contributed by atoms with Gasteiger partial charge in [0.2, 0.25) is 0 Å². The Morgan fingerprint density at radius 1 is 1.10 bits per heavy atom. The summed E-state index contributed by atoms with van der Waals surface area (Å²) in [6.45, 7) is 3.07. The lowest BCUT2D eigenvalue weighted by atomic mass is 10.0. The molecule has 0 atom stereocenters. The second-order valence-electron chi connectivity index (χ2n) is 5.18. The van der Waals surface area contributed by atoms with Crippen LogP contribution >= 0.6 is 23.2 Å². The molecular formula is C17H13Cl2N. The van der Waals surface area contributed by atoms with E-state index in [-0.39, 0.29) is 0 Å². The van der Waals surface area contributed by atoms with Crippen molar-refractivity contribution < 1.29 is 0 Å². The summed E-state index contributed by atoms with van der Waals surface area (Å²) in [5, 5.41) is 2.52. The molecule has 4 rings (SSSR count). The molecule has 1 aliphatic heterocycles. The van der Waals surface area contributed by atoms with Gasteiger partial charge < -0.3 is 4.57 Å². The standard InChI is InChI=1S/C17H13Cl2N/c1-2-11-13-7-8-14(18)15(19)17(13)20-9-10-5-3-4-6-12(10)16(11)20/h3-8H,2,9H2,1H3. The predicted octanol–water partition coefficient (Wildman–Crippen LogP) is 5.54. The Bertz CT molecular complexity index is 846. The minimum absolute atomic E-state index is 0.623. The molecule has 0 N–H and O–H groups in total. The van der Waals surface area contributed by atoms with Gasteiger partial charge >= 0.3 is 0 Å². The topological polar surface area (TPSA) is 4.93 Å². The zero-order valence-corrected chi connectivity index (χ0v) is 12.6. The van der Waals surface area contributed by atoms with Crippen LogP contribution in [0.25, 0.3) is 22.2 Å². The van der Waals surface area contributed by atoms with Gasteiger partial charge in [-0.15, -0.1) is 0 Å². The van der Waals surface area contributed by atoms with E-state index < -0.39 is 0 Å². The van der Waals surface area contributed by atoms with E-state index in [4.69, 9.17) is 23.2 Å². The van der Waals surface area contributed by atoms with Crippen molar-refractivity contribution in [3.8, 4) is 11.3 Å². The molecular weight excluding hydrogens is 289 g/mol. The number of hydrogen-bond acceptors (Lipinski definition) is 0. The Kier molecular flexibility index (Phi) is 2.63. The highest BCUT2D eigenvalue weighted by Gasteiger charge is 2.26. The maximum absolute atomic E-state index is 6.47. The summed E-state index contributed by atoms with van der Waals surface area (Å²) in [5.41, 5.74) is 6.43. The average molecular weight is 302 g/mol. The van der Waals surface area contributed by atoms with Crippen LogP contribution in [0.1, 0.15) is 18.1 Å². The van der Waals surface area contributed by atoms with Crippen molar-refractivity contribution in [2.75, 3.05) is 0 Å². The summed E-state index contributed by atoms with van der Waals surface area (Å²) in [4.78, 5) is 0. The van der Waals surface area contributed by atoms with Gasteiger partial charge in [-0.1, -0.05) is 60.5 Å². The molecule has 2 aromatic carbocycles. The van der Waals surface area contributed by atoms with Gasteiger partial charge in [0.1, 0.15) is 0 Å². The molecule has 0 amide bonds. The van der Waals surface area contributed by atoms with E-state index in [0.717, 1.165) is 18.5 Å². The maximum atomic E-state index is 6.47. The van der Waals surface area contributed by atoms with Gasteiger partial charge in [-0.2, -0.15) is 0 Å². The van der Waals surface area contributed by atoms with Crippen LogP contribution in [0.4, 0.5) is 0 Å². The molecule has 20 heavy (non-hydrogen) atoms. The number of benzene rings is 2. The van der Waals surface area contributed by atoms with Gasteiger partial charge in [0.15, 0.2) is 0 Å². The third-order valence-corrected chi connectivity index (χ3v) is 4.97. The maximum Gasteiger partial charge on any atom is 0.0835 e. The molecule has 0 fully saturated rings. The summed E-state index contributed by atoms with van der Waals surface area (Å²) in [7, 11) is 0. The van der Waals surface area contributed by atoms with Crippen molar-refractivity contribution in [1.82, 2.24) is 4.57 Å². The second kappa shape index (κ2) is 4.28. The molecule has 0 bridgehead atoms. The highest BCUT2D eigenvalue weighted by Crippen LogP contribution is 2.44. The van der Waals surface area contributed by atoms with Crippen LogP contribution in [-0.4, -0.2) is 4.57 Å². The molecule has 1 aliphatic rings. The number of rotatable bonds is 1. The van der Waals surface area contributed by atoms with Gasteiger partial charge in [-0.05, 0) is 23.6 Å². The number of halogens is 2. The van der Waals surface area contributed by atoms with Crippen LogP contribution in [0, 0.1) is 0 Å². The third-order valence-electron chi connectivity index (χ3n) is 4.17. The molecule has 3 aromatic rings. The van der Waals surface area contributed by atoms with Gasteiger partial charge in [-0.3, -0.25) is 0 Å². The van der Waals surface area contributed by atoms with E-state index in [1.807, 2.05) is 6.07 Å². The Labute approximate surface area is 127 Å². The lowest BCUT2D eigenvalue weighted by Crippen LogP contribution is -1.93. The first kappa shape index (κ1) is 12.3. The van der Waals surface area contributed by atoms with E-state index in [1.165, 1.54) is 27.8 Å². The zero-order valence-electron chi connectivity index (χ0n) is 11.1. The van der Waals surface area contributed by atoms with Crippen molar-refractivity contribution in [1.29, 1.82) is 0 Å². The Morgan fingerprint density at radius 2 is 1.90 bits per heavy atom. The summed E-state index contributed by atoms with van der Waals surface area (Å²) in [6, 6.07) is 12.6. The molecule has 100 valence electrons. The highest BCUT2D eigenvalue weighted by molar-refractivity contribution is 6.45. The van der Waals surface area contributed by atoms with Crippen LogP contribution in [0.15, 0.2) is 36.4 Å². The summed E-state index contributed by atoms with van der Waals surface area (Å²) in [5.74, 6) is 0. The molecule has 0 saturated carbocycles. The SMILES string of the molecule is CCc1c2n(c3c(Cl)c(Cl)ccc13)Cc1ccccc1-2. The number of aromatic nitrogens is 1. The third kappa shape index (κ3) is 1.45. The molecule has 1 nitrogen and oxygen atoms in total. The minimum Gasteiger partial charge on any atom is -0.334 e. The number of hydrogen-bond donors (Lipinski definition) is 0. The predicted molar refractivity (Wildman–Crippen MR) is 85.9 cm³/mol. The van der Waals surface area contributed by atoms with E-state index in [1.54, 1.807) is 0 Å². The smallest absolute Gasteiger partial charge is 0.0835 e. The Morgan fingerprint density at radius 3 is 2.70 bits per heavy atom. The van der Waals surface area contributed by atoms with Crippen LogP contribution in [0.5, 0.6) is 0 Å². The van der Waals surface area contributed by atoms with Crippen molar-refractivity contribution in [3.05, 3.63) is 57.6 Å². The average Bonchev–Trinajstić information content (AvgIpc) is 2.97. The van der Waals surface area contributed by atoms with Gasteiger partial charge in [0.05, 0.1) is 21.3 Å². The minimum atomic E-state index is 0.623. The molecule has 1 aromatic heterocycles. The van der Waals surface area contributed by atoms with E-state index >= 15 is 0 Å². The molecule has 3 heteroatoms. The first-order valence-corrected chi connectivity index (χ1v) is 7.55. The van der Waals surface area contributed by atoms with E-state index in [2.05, 4.69) is 41.8 Å². The van der Waals surface area contributed by atoms with Crippen LogP contribution in [-0.2, 0) is 13.0 Å². The van der Waals surface area contributed by atoms with Crippen LogP contribution < -0.4 is 0 Å². The van der Waals surface area contributed by atoms with Gasteiger partial charge in [-0.25, -0.2) is 0 Å². The zero-order chi connectivity index (χ0) is 13.9. The largest absolute Gasteiger partial charge is 0.334 e. The number of fused-ring (bicyclic) bond motifs is 5. The molecule has 0 radical (unpaired) electrons. The molecule has 0 spiro atoms. The normalized spacial score (nSPS) is 12.8. The monoisotopic (exact) mass is 301 g/mol. The van der Waals surface area contributed by atoms with Crippen molar-refractivity contribution >= 4 is 34.1 Å². The van der Waals surface area contributed by atoms with Crippen molar-refractivity contribution in [3.63, 3.8) is 0 Å². The van der Waals surface area contributed by atoms with Crippen LogP contribution in [0.3, 0.4) is 0 Å². The van der Waals surface area contributed by atoms with Crippen molar-refractivity contribution in [2.45, 2.75) is 19.9 Å². The van der Waals surface area contributed by atoms with Crippen molar-refractivity contribution in [2.24, 2.45) is 0 Å². The quantitative estimate of drug-likeness (QED) is 0.435. The summed E-state index contributed by atoms with van der Waals surface area (Å²) in [6.07, 6.45) is 0.991. The number of nitrogens with zero attached hydrogens (tertiary/aromatic N) is 1. The Balaban J connectivity index is 2.18. The summed E-state index contributed by atoms with van der Waals surface area (Å²) >= 11 is 12.7. The highest BCUT2D eigenvalue weighted by atomic mass is 35.5. The van der Waals surface area contributed by atoms with Gasteiger partial charge in [0.25, 0.3) is 0 Å². The molecule has 0 unspecified atom stereocenters. The lowest BCUT2D eigenvalue weighted by molar-refractivity contribution is 0.882. The fourth-order valence-corrected chi connectivity index (χ4v) is 3.75. The fourth-order valence-electron chi connectivity index (χ4n) is 3.33. The number of aryl methyl sites for hydroxylation is 1. The lowest BCUT2D eigenvalue weighted by Gasteiger charge is -2.04. The first-order valence-electron chi connectivity index (χ1n) is 6.79. The van der Waals surface area contributed by atoms with E-state index in [9.17, 15) is 0 Å². The van der Waals surface area contributed by atoms with Crippen LogP contribution in [0.2, 0.25) is 10.0 Å². The summed E-state index contributed by atoms with van der Waals surface area (Å²) < 4.78 is 2.31. The van der Waals surface area contributed by atoms with Gasteiger partial charge in [0, 0.05) is 17.5 Å².